The molecule has 5 rings (SSSR count). The van der Waals surface area contributed by atoms with Crippen LogP contribution in [-0.2, 0) is 15.0 Å². The summed E-state index contributed by atoms with van der Waals surface area (Å²) >= 11 is 12.1. The number of hydrogen-bond acceptors (Lipinski definition) is 3. The van der Waals surface area contributed by atoms with Gasteiger partial charge in [-0.05, 0) is 42.2 Å². The molecule has 2 fully saturated rings. The highest BCUT2D eigenvalue weighted by molar-refractivity contribution is 6.31. The molecule has 3 aliphatic rings. The predicted molar refractivity (Wildman–Crippen MR) is 117 cm³/mol. The van der Waals surface area contributed by atoms with Crippen molar-refractivity contribution in [2.45, 2.75) is 35.8 Å². The molecule has 2 aliphatic heterocycles. The van der Waals surface area contributed by atoms with Crippen molar-refractivity contribution in [2.24, 2.45) is 5.41 Å². The van der Waals surface area contributed by atoms with Gasteiger partial charge in [-0.1, -0.05) is 41.4 Å². The maximum absolute atomic E-state index is 15.3. The smallest absolute Gasteiger partial charge is 0.321 e. The molecule has 1 aliphatic carbocycles. The average molecular weight is 499 g/mol. The van der Waals surface area contributed by atoms with Gasteiger partial charge in [0.1, 0.15) is 17.3 Å². The Morgan fingerprint density at radius 3 is 2.48 bits per heavy atom. The number of hydrogen-bond donors (Lipinski definition) is 3. The van der Waals surface area contributed by atoms with E-state index in [1.165, 1.54) is 24.3 Å². The van der Waals surface area contributed by atoms with Crippen molar-refractivity contribution in [1.29, 1.82) is 0 Å². The fourth-order valence-electron chi connectivity index (χ4n) is 6.35. The summed E-state index contributed by atoms with van der Waals surface area (Å²) in [5, 5.41) is 16.0. The second kappa shape index (κ2) is 7.35. The van der Waals surface area contributed by atoms with E-state index in [2.05, 4.69) is 10.6 Å². The number of benzene rings is 2. The van der Waals surface area contributed by atoms with Crippen LogP contribution in [0.4, 0.5) is 18.9 Å². The molecule has 0 aromatic heterocycles. The number of halogens is 5. The first-order valence-electron chi connectivity index (χ1n) is 10.3. The van der Waals surface area contributed by atoms with E-state index in [9.17, 15) is 23.5 Å². The number of aliphatic carboxylic acids is 1. The molecule has 1 amide bonds. The number of carbonyl (C=O) groups is 2. The topological polar surface area (TPSA) is 78.4 Å². The number of amides is 1. The summed E-state index contributed by atoms with van der Waals surface area (Å²) in [5.74, 6) is -3.98. The van der Waals surface area contributed by atoms with Gasteiger partial charge < -0.3 is 10.4 Å². The number of carboxylic acids is 1. The molecule has 2 spiro atoms. The van der Waals surface area contributed by atoms with Crippen LogP contribution in [0.5, 0.6) is 0 Å². The van der Waals surface area contributed by atoms with Crippen molar-refractivity contribution in [1.82, 2.24) is 5.32 Å². The zero-order chi connectivity index (χ0) is 23.8. The van der Waals surface area contributed by atoms with E-state index in [1.807, 2.05) is 0 Å². The zero-order valence-electron chi connectivity index (χ0n) is 17.1. The van der Waals surface area contributed by atoms with Gasteiger partial charge in [0.15, 0.2) is 0 Å². The van der Waals surface area contributed by atoms with Gasteiger partial charge in [0, 0.05) is 27.6 Å². The average Bonchev–Trinajstić information content (AvgIpc) is 3.22. The van der Waals surface area contributed by atoms with E-state index in [0.29, 0.717) is 16.3 Å². The van der Waals surface area contributed by atoms with Crippen LogP contribution in [0.2, 0.25) is 10.0 Å². The molecule has 3 atom stereocenters. The van der Waals surface area contributed by atoms with Crippen LogP contribution in [0, 0.1) is 11.2 Å². The molecule has 33 heavy (non-hydrogen) atoms. The molecule has 2 aromatic carbocycles. The van der Waals surface area contributed by atoms with E-state index < -0.39 is 59.4 Å². The molecule has 0 radical (unpaired) electrons. The molecule has 5 nitrogen and oxygen atoms in total. The van der Waals surface area contributed by atoms with E-state index in [0.717, 1.165) is 0 Å². The van der Waals surface area contributed by atoms with Gasteiger partial charge in [0.05, 0.1) is 18.4 Å². The van der Waals surface area contributed by atoms with Gasteiger partial charge in [-0.25, -0.2) is 4.39 Å². The predicted octanol–water partition coefficient (Wildman–Crippen LogP) is 4.62. The minimum atomic E-state index is -1.66. The number of fused-ring (bicyclic) bond motifs is 3. The molecule has 2 aromatic rings. The first kappa shape index (κ1) is 22.5. The molecular weight excluding hydrogens is 480 g/mol. The lowest BCUT2D eigenvalue weighted by molar-refractivity contribution is -0.140. The van der Waals surface area contributed by atoms with Crippen molar-refractivity contribution >= 4 is 40.8 Å². The second-order valence-electron chi connectivity index (χ2n) is 9.24. The first-order valence-corrected chi connectivity index (χ1v) is 11.1. The highest BCUT2D eigenvalue weighted by atomic mass is 35.5. The Morgan fingerprint density at radius 1 is 1.15 bits per heavy atom. The lowest BCUT2D eigenvalue weighted by Gasteiger charge is -2.59. The number of alkyl halides is 2. The van der Waals surface area contributed by atoms with Crippen LogP contribution >= 0.6 is 23.2 Å². The Bertz CT molecular complexity index is 1180. The molecule has 174 valence electrons. The Kier molecular flexibility index (Phi) is 5.01. The minimum Gasteiger partial charge on any atom is -0.480 e. The Hall–Kier alpha value is -2.29. The number of carboxylic acid groups (broad SMARTS) is 1. The third-order valence-electron chi connectivity index (χ3n) is 7.50. The summed E-state index contributed by atoms with van der Waals surface area (Å²) in [6.45, 7) is -1.93. The fourth-order valence-corrected chi connectivity index (χ4v) is 6.70. The van der Waals surface area contributed by atoms with Gasteiger partial charge in [-0.15, -0.1) is 0 Å². The maximum atomic E-state index is 15.3. The summed E-state index contributed by atoms with van der Waals surface area (Å²) < 4.78 is 43.1. The molecule has 2 heterocycles. The number of rotatable bonds is 4. The van der Waals surface area contributed by atoms with E-state index >= 15 is 4.39 Å². The van der Waals surface area contributed by atoms with Crippen LogP contribution in [0.1, 0.15) is 29.9 Å². The summed E-state index contributed by atoms with van der Waals surface area (Å²) in [6, 6.07) is 7.43. The first-order chi connectivity index (χ1) is 15.6. The van der Waals surface area contributed by atoms with Crippen LogP contribution in [0.15, 0.2) is 36.4 Å². The van der Waals surface area contributed by atoms with Crippen molar-refractivity contribution in [3.8, 4) is 0 Å². The van der Waals surface area contributed by atoms with E-state index in [1.54, 1.807) is 12.1 Å². The number of carbonyl (C=O) groups excluding carboxylic acids is 1. The minimum absolute atomic E-state index is 0.0600. The number of nitrogens with one attached hydrogen (secondary N) is 2. The quantitative estimate of drug-likeness (QED) is 0.574. The van der Waals surface area contributed by atoms with Crippen LogP contribution < -0.4 is 10.6 Å². The Labute approximate surface area is 197 Å². The molecule has 1 saturated heterocycles. The van der Waals surface area contributed by atoms with Crippen molar-refractivity contribution in [3.05, 3.63) is 63.4 Å². The lowest BCUT2D eigenvalue weighted by Crippen LogP contribution is -2.70. The van der Waals surface area contributed by atoms with E-state index in [-0.39, 0.29) is 23.4 Å². The summed E-state index contributed by atoms with van der Waals surface area (Å²) in [5.41, 5.74) is -3.63. The van der Waals surface area contributed by atoms with Crippen LogP contribution in [0.3, 0.4) is 0 Å². The molecular formula is C23H19Cl2F3N2O3. The normalized spacial score (nSPS) is 28.6. The summed E-state index contributed by atoms with van der Waals surface area (Å²) in [7, 11) is 0. The monoisotopic (exact) mass is 498 g/mol. The number of anilines is 1. The zero-order valence-corrected chi connectivity index (χ0v) is 18.6. The van der Waals surface area contributed by atoms with Gasteiger partial charge in [-0.3, -0.25) is 23.7 Å². The molecule has 0 bridgehead atoms. The molecule has 10 heteroatoms. The molecule has 3 N–H and O–H groups in total. The third kappa shape index (κ3) is 2.77. The van der Waals surface area contributed by atoms with Crippen LogP contribution in [-0.4, -0.2) is 41.9 Å². The molecule has 1 saturated carbocycles. The van der Waals surface area contributed by atoms with Crippen molar-refractivity contribution in [2.75, 3.05) is 18.7 Å². The van der Waals surface area contributed by atoms with Gasteiger partial charge >= 0.3 is 5.97 Å². The van der Waals surface area contributed by atoms with Gasteiger partial charge in [0.2, 0.25) is 5.91 Å². The third-order valence-corrected chi connectivity index (χ3v) is 8.03. The van der Waals surface area contributed by atoms with Crippen molar-refractivity contribution < 1.29 is 27.9 Å². The Morgan fingerprint density at radius 2 is 1.85 bits per heavy atom. The van der Waals surface area contributed by atoms with E-state index in [4.69, 9.17) is 23.2 Å². The standard InChI is InChI=1S/C23H19Cl2F3N2O3/c24-11-4-5-13-15(6-11)29-20(33)23(13)16(12-2-1-3-14(25)17(12)28)18(19(31)32)30-22(23)7-21(8-22,9-26)10-27/h1-6,16,18,30H,7-10H2,(H,29,33)(H,31,32)/t16-,18+,23+/m0/s1. The lowest BCUT2D eigenvalue weighted by atomic mass is 9.46. The van der Waals surface area contributed by atoms with Crippen molar-refractivity contribution in [3.63, 3.8) is 0 Å². The maximum Gasteiger partial charge on any atom is 0.321 e. The summed E-state index contributed by atoms with van der Waals surface area (Å²) in [6.07, 6.45) is -0.268. The van der Waals surface area contributed by atoms with Crippen LogP contribution in [0.25, 0.3) is 0 Å². The highest BCUT2D eigenvalue weighted by Gasteiger charge is 2.78. The molecule has 0 unspecified atom stereocenters. The van der Waals surface area contributed by atoms with Gasteiger partial charge in [-0.2, -0.15) is 0 Å². The SMILES string of the molecule is O=C(O)[C@@H]1NC2(CC(CF)(CF)C2)[C@@]2(C(=O)Nc3cc(Cl)ccc32)[C@H]1c1cccc(Cl)c1F. The summed E-state index contributed by atoms with van der Waals surface area (Å²) in [4.78, 5) is 26.2. The Balaban J connectivity index is 1.82. The fraction of sp³-hybridized carbons (Fsp3) is 0.391. The van der Waals surface area contributed by atoms with Gasteiger partial charge in [0.25, 0.3) is 0 Å². The highest BCUT2D eigenvalue weighted by Crippen LogP contribution is 2.68. The largest absolute Gasteiger partial charge is 0.480 e. The second-order valence-corrected chi connectivity index (χ2v) is 10.1.